The van der Waals surface area contributed by atoms with Crippen molar-refractivity contribution in [1.82, 2.24) is 15.1 Å². The van der Waals surface area contributed by atoms with E-state index in [0.717, 1.165) is 55.8 Å². The van der Waals surface area contributed by atoms with E-state index in [-0.39, 0.29) is 12.5 Å². The molecule has 0 radical (unpaired) electrons. The van der Waals surface area contributed by atoms with Crippen molar-refractivity contribution in [3.05, 3.63) is 51.2 Å². The lowest BCUT2D eigenvalue weighted by Crippen LogP contribution is -2.54. The van der Waals surface area contributed by atoms with Gasteiger partial charge >= 0.3 is 0 Å². The topological polar surface area (TPSA) is 51.2 Å². The van der Waals surface area contributed by atoms with Gasteiger partial charge in [0, 0.05) is 51.2 Å². The Morgan fingerprint density at radius 3 is 2.69 bits per heavy atom. The number of hydrogen-bond donors (Lipinski definition) is 1. The van der Waals surface area contributed by atoms with E-state index in [4.69, 9.17) is 11.6 Å². The monoisotopic (exact) mass is 431 g/mol. The van der Waals surface area contributed by atoms with Gasteiger partial charge in [-0.1, -0.05) is 23.7 Å². The second kappa shape index (κ2) is 9.05. The number of halogens is 1. The molecule has 3 heterocycles. The molecule has 0 spiro atoms. The van der Waals surface area contributed by atoms with Crippen LogP contribution in [-0.4, -0.2) is 68.0 Å². The maximum Gasteiger partial charge on any atom is 0.242 e. The first kappa shape index (κ1) is 20.0. The van der Waals surface area contributed by atoms with Gasteiger partial charge in [-0.25, -0.2) is 0 Å². The molecule has 6 nitrogen and oxygen atoms in total. The van der Waals surface area contributed by atoms with Gasteiger partial charge in [0.25, 0.3) is 0 Å². The van der Waals surface area contributed by atoms with Crippen molar-refractivity contribution in [3.8, 4) is 0 Å². The van der Waals surface area contributed by atoms with Crippen molar-refractivity contribution in [1.29, 1.82) is 0 Å². The van der Waals surface area contributed by atoms with Crippen molar-refractivity contribution in [2.75, 3.05) is 51.2 Å². The molecule has 1 fully saturated rings. The molecule has 0 bridgehead atoms. The number of guanidine groups is 1. The van der Waals surface area contributed by atoms with Crippen LogP contribution in [0.4, 0.5) is 5.69 Å². The highest BCUT2D eigenvalue weighted by Gasteiger charge is 2.24. The number of piperazine rings is 1. The summed E-state index contributed by atoms with van der Waals surface area (Å²) in [6, 6.07) is 10.1. The molecule has 1 aromatic heterocycles. The van der Waals surface area contributed by atoms with Crippen LogP contribution in [0.3, 0.4) is 0 Å². The summed E-state index contributed by atoms with van der Waals surface area (Å²) in [5.41, 5.74) is 2.36. The van der Waals surface area contributed by atoms with Gasteiger partial charge in [-0.2, -0.15) is 0 Å². The zero-order valence-corrected chi connectivity index (χ0v) is 18.2. The van der Waals surface area contributed by atoms with Crippen molar-refractivity contribution in [2.45, 2.75) is 13.0 Å². The lowest BCUT2D eigenvalue weighted by molar-refractivity contribution is -0.130. The number of anilines is 1. The molecule has 1 amide bonds. The van der Waals surface area contributed by atoms with Crippen LogP contribution in [0, 0.1) is 0 Å². The van der Waals surface area contributed by atoms with Crippen molar-refractivity contribution in [3.63, 3.8) is 0 Å². The fourth-order valence-corrected chi connectivity index (χ4v) is 5.07. The molecule has 0 aliphatic carbocycles. The first-order valence-corrected chi connectivity index (χ1v) is 11.2. The highest BCUT2D eigenvalue weighted by Crippen LogP contribution is 2.26. The largest absolute Gasteiger partial charge is 0.367 e. The SMILES string of the molecule is CN=C(NCC(=O)N1CCc2sccc2C1)N1CCN(c2ccccc2Cl)CC1. The van der Waals surface area contributed by atoms with Crippen molar-refractivity contribution < 1.29 is 4.79 Å². The van der Waals surface area contributed by atoms with Crippen LogP contribution in [0.25, 0.3) is 0 Å². The Kier molecular flexibility index (Phi) is 6.25. The third kappa shape index (κ3) is 4.51. The van der Waals surface area contributed by atoms with Gasteiger partial charge in [0.15, 0.2) is 5.96 Å². The van der Waals surface area contributed by atoms with Crippen LogP contribution in [0.1, 0.15) is 10.4 Å². The normalized spacial score (nSPS) is 17.3. The van der Waals surface area contributed by atoms with Crippen LogP contribution in [0.2, 0.25) is 5.02 Å². The summed E-state index contributed by atoms with van der Waals surface area (Å²) in [6.45, 7) is 5.19. The fourth-order valence-electron chi connectivity index (χ4n) is 3.93. The Morgan fingerprint density at radius 2 is 1.93 bits per heavy atom. The first-order chi connectivity index (χ1) is 14.2. The molecule has 1 N–H and O–H groups in total. The third-order valence-corrected chi connectivity index (χ3v) is 6.88. The van der Waals surface area contributed by atoms with E-state index in [9.17, 15) is 4.79 Å². The van der Waals surface area contributed by atoms with E-state index in [1.54, 1.807) is 18.4 Å². The summed E-state index contributed by atoms with van der Waals surface area (Å²) in [4.78, 5) is 24.9. The van der Waals surface area contributed by atoms with Gasteiger partial charge in [-0.3, -0.25) is 9.79 Å². The zero-order valence-electron chi connectivity index (χ0n) is 16.6. The molecule has 1 aromatic carbocycles. The van der Waals surface area contributed by atoms with E-state index >= 15 is 0 Å². The van der Waals surface area contributed by atoms with Gasteiger partial charge < -0.3 is 20.0 Å². The van der Waals surface area contributed by atoms with Crippen LogP contribution in [-0.2, 0) is 17.8 Å². The molecule has 8 heteroatoms. The van der Waals surface area contributed by atoms with Gasteiger partial charge in [-0.15, -0.1) is 11.3 Å². The molecule has 2 aromatic rings. The molecular weight excluding hydrogens is 406 g/mol. The number of carbonyl (C=O) groups excluding carboxylic acids is 1. The predicted molar refractivity (Wildman–Crippen MR) is 120 cm³/mol. The second-order valence-corrected chi connectivity index (χ2v) is 8.67. The number of hydrogen-bond acceptors (Lipinski definition) is 4. The van der Waals surface area contributed by atoms with Crippen LogP contribution in [0.5, 0.6) is 0 Å². The van der Waals surface area contributed by atoms with E-state index in [0.29, 0.717) is 6.54 Å². The van der Waals surface area contributed by atoms with Gasteiger partial charge in [0.2, 0.25) is 5.91 Å². The van der Waals surface area contributed by atoms with Crippen LogP contribution < -0.4 is 10.2 Å². The fraction of sp³-hybridized carbons (Fsp3) is 0.429. The average molecular weight is 432 g/mol. The number of nitrogens with one attached hydrogen (secondary N) is 1. The number of thiophene rings is 1. The van der Waals surface area contributed by atoms with E-state index < -0.39 is 0 Å². The quantitative estimate of drug-likeness (QED) is 0.599. The number of benzene rings is 1. The predicted octanol–water partition coefficient (Wildman–Crippen LogP) is 2.68. The van der Waals surface area contributed by atoms with Crippen LogP contribution >= 0.6 is 22.9 Å². The molecule has 1 saturated heterocycles. The van der Waals surface area contributed by atoms with Gasteiger partial charge in [0.05, 0.1) is 17.3 Å². The summed E-state index contributed by atoms with van der Waals surface area (Å²) in [5, 5.41) is 6.16. The van der Waals surface area contributed by atoms with E-state index in [1.165, 1.54) is 10.4 Å². The summed E-state index contributed by atoms with van der Waals surface area (Å²) in [6.07, 6.45) is 0.956. The molecule has 0 unspecified atom stereocenters. The number of rotatable bonds is 3. The van der Waals surface area contributed by atoms with Crippen molar-refractivity contribution >= 4 is 40.5 Å². The number of amides is 1. The lowest BCUT2D eigenvalue weighted by Gasteiger charge is -2.38. The number of nitrogens with zero attached hydrogens (tertiary/aromatic N) is 4. The Balaban J connectivity index is 1.28. The molecule has 0 atom stereocenters. The summed E-state index contributed by atoms with van der Waals surface area (Å²) in [7, 11) is 1.77. The van der Waals surface area contributed by atoms with Gasteiger partial charge in [-0.05, 0) is 35.6 Å². The summed E-state index contributed by atoms with van der Waals surface area (Å²) < 4.78 is 0. The highest BCUT2D eigenvalue weighted by atomic mass is 35.5. The Bertz CT molecular complexity index is 891. The lowest BCUT2D eigenvalue weighted by atomic mass is 10.1. The summed E-state index contributed by atoms with van der Waals surface area (Å²) >= 11 is 8.12. The minimum absolute atomic E-state index is 0.123. The Labute approximate surface area is 180 Å². The smallest absolute Gasteiger partial charge is 0.242 e. The molecule has 4 rings (SSSR count). The average Bonchev–Trinajstić information content (AvgIpc) is 3.23. The van der Waals surface area contributed by atoms with Crippen molar-refractivity contribution in [2.24, 2.45) is 4.99 Å². The Hall–Kier alpha value is -2.25. The standard InChI is InChI=1S/C21H26ClN5OS/c1-23-21(24-14-20(28)27-8-6-19-16(15-27)7-13-29-19)26-11-9-25(10-12-26)18-5-3-2-4-17(18)22/h2-5,7,13H,6,8-12,14-15H2,1H3,(H,23,24). The maximum atomic E-state index is 12.7. The minimum atomic E-state index is 0.123. The molecule has 2 aliphatic rings. The maximum absolute atomic E-state index is 12.7. The summed E-state index contributed by atoms with van der Waals surface area (Å²) in [5.74, 6) is 0.906. The third-order valence-electron chi connectivity index (χ3n) is 5.54. The molecular formula is C21H26ClN5OS. The van der Waals surface area contributed by atoms with Gasteiger partial charge in [0.1, 0.15) is 0 Å². The second-order valence-electron chi connectivity index (χ2n) is 7.26. The number of fused-ring (bicyclic) bond motifs is 1. The van der Waals surface area contributed by atoms with Crippen LogP contribution in [0.15, 0.2) is 40.7 Å². The number of carbonyl (C=O) groups is 1. The first-order valence-electron chi connectivity index (χ1n) is 9.94. The zero-order chi connectivity index (χ0) is 20.2. The van der Waals surface area contributed by atoms with E-state index in [1.807, 2.05) is 23.1 Å². The number of aliphatic imine (C=N–C) groups is 1. The molecule has 154 valence electrons. The number of para-hydroxylation sites is 1. The molecule has 0 saturated carbocycles. The molecule has 29 heavy (non-hydrogen) atoms. The Morgan fingerprint density at radius 1 is 1.14 bits per heavy atom. The molecule has 2 aliphatic heterocycles. The van der Waals surface area contributed by atoms with E-state index in [2.05, 4.69) is 37.6 Å². The minimum Gasteiger partial charge on any atom is -0.367 e. The highest BCUT2D eigenvalue weighted by molar-refractivity contribution is 7.10.